The average Bonchev–Trinajstić information content (AvgIpc) is 3.38. The van der Waals surface area contributed by atoms with E-state index in [1.54, 1.807) is 73.7 Å². The molecule has 0 spiro atoms. The summed E-state index contributed by atoms with van der Waals surface area (Å²) in [5.41, 5.74) is 1.90. The van der Waals surface area contributed by atoms with Gasteiger partial charge in [0, 0.05) is 12.6 Å². The van der Waals surface area contributed by atoms with Crippen molar-refractivity contribution in [2.45, 2.75) is 31.2 Å². The van der Waals surface area contributed by atoms with Crippen molar-refractivity contribution in [1.29, 1.82) is 0 Å². The Kier molecular flexibility index (Phi) is 7.83. The van der Waals surface area contributed by atoms with E-state index >= 15 is 0 Å². The van der Waals surface area contributed by atoms with E-state index in [1.165, 1.54) is 24.3 Å². The number of rotatable bonds is 10. The molecule has 0 atom stereocenters. The first-order valence-electron chi connectivity index (χ1n) is 11.8. The highest BCUT2D eigenvalue weighted by atomic mass is 32.2. The molecule has 1 saturated heterocycles. The molecule has 8 heteroatoms. The van der Waals surface area contributed by atoms with Crippen molar-refractivity contribution in [2.24, 2.45) is 0 Å². The Labute approximate surface area is 207 Å². The topological polar surface area (TPSA) is 79.3 Å². The molecule has 3 aromatic carbocycles. The second-order valence-electron chi connectivity index (χ2n) is 8.70. The molecule has 0 unspecified atom stereocenters. The van der Waals surface area contributed by atoms with E-state index in [2.05, 4.69) is 4.90 Å². The van der Waals surface area contributed by atoms with Crippen molar-refractivity contribution in [1.82, 2.24) is 4.90 Å². The summed E-state index contributed by atoms with van der Waals surface area (Å²) in [6, 6.07) is 18.7. The lowest BCUT2D eigenvalue weighted by molar-refractivity contribution is 0.238. The highest BCUT2D eigenvalue weighted by Gasteiger charge is 2.27. The van der Waals surface area contributed by atoms with E-state index in [1.807, 2.05) is 0 Å². The number of anilines is 1. The first-order valence-corrected chi connectivity index (χ1v) is 13.2. The van der Waals surface area contributed by atoms with Gasteiger partial charge < -0.3 is 14.6 Å². The normalized spacial score (nSPS) is 14.1. The van der Waals surface area contributed by atoms with Gasteiger partial charge in [0.15, 0.2) is 0 Å². The van der Waals surface area contributed by atoms with Crippen molar-refractivity contribution in [2.75, 3.05) is 37.7 Å². The maximum Gasteiger partial charge on any atom is 0.265 e. The molecule has 0 radical (unpaired) electrons. The lowest BCUT2D eigenvalue weighted by atomic mass is 10.2. The van der Waals surface area contributed by atoms with E-state index in [0.717, 1.165) is 25.2 Å². The molecule has 1 aliphatic heterocycles. The summed E-state index contributed by atoms with van der Waals surface area (Å²) in [5.74, 6) is 1.30. The number of sulfonamides is 1. The van der Waals surface area contributed by atoms with Crippen LogP contribution >= 0.6 is 0 Å². The fourth-order valence-corrected chi connectivity index (χ4v) is 5.89. The molecule has 35 heavy (non-hydrogen) atoms. The summed E-state index contributed by atoms with van der Waals surface area (Å²) < 4.78 is 40.3. The predicted molar refractivity (Wildman–Crippen MR) is 137 cm³/mol. The third kappa shape index (κ3) is 6.07. The molecule has 3 aromatic rings. The molecule has 0 saturated carbocycles. The minimum Gasteiger partial charge on any atom is -0.508 e. The van der Waals surface area contributed by atoms with Crippen LogP contribution in [0, 0.1) is 6.92 Å². The number of methoxy groups -OCH3 is 1. The number of nitrogens with zero attached hydrogens (tertiary/aromatic N) is 2. The van der Waals surface area contributed by atoms with E-state index in [0.29, 0.717) is 29.4 Å². The van der Waals surface area contributed by atoms with E-state index in [4.69, 9.17) is 9.47 Å². The van der Waals surface area contributed by atoms with Crippen LogP contribution in [0.4, 0.5) is 5.69 Å². The second-order valence-corrected chi connectivity index (χ2v) is 10.5. The predicted octanol–water partition coefficient (Wildman–Crippen LogP) is 4.58. The van der Waals surface area contributed by atoms with Gasteiger partial charge in [0.25, 0.3) is 10.0 Å². The van der Waals surface area contributed by atoms with Gasteiger partial charge in [-0.05, 0) is 86.4 Å². The highest BCUT2D eigenvalue weighted by Crippen LogP contribution is 2.31. The molecular formula is C27H32N2O5S. The van der Waals surface area contributed by atoms with Crippen LogP contribution in [-0.4, -0.2) is 51.8 Å². The minimum absolute atomic E-state index is 0.106. The Morgan fingerprint density at radius 1 is 0.943 bits per heavy atom. The maximum atomic E-state index is 13.9. The molecule has 0 bridgehead atoms. The van der Waals surface area contributed by atoms with Gasteiger partial charge in [-0.15, -0.1) is 0 Å². The number of phenolic OH excluding ortho intramolecular Hbond substituents is 1. The van der Waals surface area contributed by atoms with Crippen LogP contribution in [0.5, 0.6) is 17.2 Å². The van der Waals surface area contributed by atoms with E-state index < -0.39 is 10.0 Å². The van der Waals surface area contributed by atoms with Crippen molar-refractivity contribution in [3.05, 3.63) is 77.9 Å². The first-order chi connectivity index (χ1) is 16.9. The molecule has 1 fully saturated rings. The summed E-state index contributed by atoms with van der Waals surface area (Å²) >= 11 is 0. The molecule has 0 aliphatic carbocycles. The lowest BCUT2D eigenvalue weighted by Crippen LogP contribution is -2.31. The summed E-state index contributed by atoms with van der Waals surface area (Å²) in [4.78, 5) is 2.57. The van der Waals surface area contributed by atoms with Crippen molar-refractivity contribution in [3.63, 3.8) is 0 Å². The van der Waals surface area contributed by atoms with Gasteiger partial charge in [0.2, 0.25) is 0 Å². The maximum absolute atomic E-state index is 13.9. The molecule has 0 amide bonds. The van der Waals surface area contributed by atoms with Crippen molar-refractivity contribution in [3.8, 4) is 17.2 Å². The van der Waals surface area contributed by atoms with Crippen LogP contribution in [0.1, 0.15) is 24.0 Å². The number of hydrogen-bond acceptors (Lipinski definition) is 6. The number of phenols is 1. The van der Waals surface area contributed by atoms with E-state index in [9.17, 15) is 13.5 Å². The zero-order valence-corrected chi connectivity index (χ0v) is 21.0. The Morgan fingerprint density at radius 2 is 1.60 bits per heavy atom. The van der Waals surface area contributed by atoms with Gasteiger partial charge in [-0.2, -0.15) is 0 Å². The molecule has 1 aliphatic rings. The van der Waals surface area contributed by atoms with Gasteiger partial charge in [-0.1, -0.05) is 18.2 Å². The van der Waals surface area contributed by atoms with Crippen LogP contribution in [0.15, 0.2) is 71.6 Å². The smallest absolute Gasteiger partial charge is 0.265 e. The number of aromatic hydroxyl groups is 1. The largest absolute Gasteiger partial charge is 0.508 e. The SMILES string of the molecule is COc1ccc(C)c(S(=O)(=O)N(Cc2ccc(O)cc2)c2ccc(OCCN3CCCC3)cc2)c1. The highest BCUT2D eigenvalue weighted by molar-refractivity contribution is 7.92. The summed E-state index contributed by atoms with van der Waals surface area (Å²) in [7, 11) is -2.41. The van der Waals surface area contributed by atoms with Crippen LogP contribution in [0.3, 0.4) is 0 Å². The zero-order valence-electron chi connectivity index (χ0n) is 20.2. The molecule has 186 valence electrons. The van der Waals surface area contributed by atoms with Crippen LogP contribution in [0.25, 0.3) is 0 Å². The molecule has 4 rings (SSSR count). The number of likely N-dealkylation sites (tertiary alicyclic amines) is 1. The van der Waals surface area contributed by atoms with Gasteiger partial charge >= 0.3 is 0 Å². The Bertz CT molecular complexity index is 1220. The first kappa shape index (κ1) is 24.9. The molecule has 1 N–H and O–H groups in total. The second kappa shape index (κ2) is 11.0. The monoisotopic (exact) mass is 496 g/mol. The third-order valence-electron chi connectivity index (χ3n) is 6.23. The van der Waals surface area contributed by atoms with Gasteiger partial charge in [-0.3, -0.25) is 9.21 Å². The average molecular weight is 497 g/mol. The lowest BCUT2D eigenvalue weighted by Gasteiger charge is -2.26. The Balaban J connectivity index is 1.60. The van der Waals surface area contributed by atoms with E-state index in [-0.39, 0.29) is 17.2 Å². The minimum atomic E-state index is -3.92. The summed E-state index contributed by atoms with van der Waals surface area (Å²) in [6.07, 6.45) is 2.49. The number of aryl methyl sites for hydroxylation is 1. The van der Waals surface area contributed by atoms with Crippen LogP contribution in [-0.2, 0) is 16.6 Å². The van der Waals surface area contributed by atoms with Gasteiger partial charge in [0.05, 0.1) is 24.2 Å². The fraction of sp³-hybridized carbons (Fsp3) is 0.333. The van der Waals surface area contributed by atoms with Crippen LogP contribution in [0.2, 0.25) is 0 Å². The number of benzene rings is 3. The standard InChI is InChI=1S/C27H32N2O5S/c1-21-5-12-26(33-2)19-27(21)35(31,32)29(20-22-6-10-24(30)11-7-22)23-8-13-25(14-9-23)34-18-17-28-15-3-4-16-28/h5-14,19,30H,3-4,15-18,20H2,1-2H3. The molecular weight excluding hydrogens is 464 g/mol. The van der Waals surface area contributed by atoms with Gasteiger partial charge in [-0.25, -0.2) is 8.42 Å². The third-order valence-corrected chi connectivity index (χ3v) is 8.14. The van der Waals surface area contributed by atoms with Crippen LogP contribution < -0.4 is 13.8 Å². The van der Waals surface area contributed by atoms with Gasteiger partial charge in [0.1, 0.15) is 23.9 Å². The van der Waals surface area contributed by atoms with Crippen molar-refractivity contribution >= 4 is 15.7 Å². The molecule has 7 nitrogen and oxygen atoms in total. The summed E-state index contributed by atoms with van der Waals surface area (Å²) in [5, 5.41) is 9.65. The number of hydrogen-bond donors (Lipinski definition) is 1. The summed E-state index contributed by atoms with van der Waals surface area (Å²) in [6.45, 7) is 5.60. The zero-order chi connectivity index (χ0) is 24.8. The fourth-order valence-electron chi connectivity index (χ4n) is 4.19. The van der Waals surface area contributed by atoms with Crippen molar-refractivity contribution < 1.29 is 23.0 Å². The molecule has 0 aromatic heterocycles. The number of ether oxygens (including phenoxy) is 2. The Hall–Kier alpha value is -3.23. The molecule has 1 heterocycles. The Morgan fingerprint density at radius 3 is 2.26 bits per heavy atom. The quantitative estimate of drug-likeness (QED) is 0.443.